The summed E-state index contributed by atoms with van der Waals surface area (Å²) in [7, 11) is 3.30. The highest BCUT2D eigenvalue weighted by Gasteiger charge is 2.29. The number of likely N-dealkylation sites (tertiary alicyclic amines) is 1. The summed E-state index contributed by atoms with van der Waals surface area (Å²) in [6.07, 6.45) is 1.77. The Hall–Kier alpha value is -2.32. The molecule has 1 aromatic rings. The molecule has 2 fully saturated rings. The van der Waals surface area contributed by atoms with Gasteiger partial charge in [0.15, 0.2) is 11.5 Å². The van der Waals surface area contributed by atoms with Gasteiger partial charge in [0.2, 0.25) is 5.91 Å². The summed E-state index contributed by atoms with van der Waals surface area (Å²) >= 11 is 0. The van der Waals surface area contributed by atoms with Crippen LogP contribution in [0.15, 0.2) is 12.1 Å². The molecule has 0 bridgehead atoms. The van der Waals surface area contributed by atoms with Gasteiger partial charge in [-0.3, -0.25) is 19.4 Å². The SMILES string of the molecule is CCOC(=O)C1CCCN(CC(=O)N2CCN(Cc3cc(OC)c(OC)cc3C)CC2)C1. The molecule has 1 atom stereocenters. The van der Waals surface area contributed by atoms with Crippen molar-refractivity contribution < 1.29 is 23.8 Å². The maximum absolute atomic E-state index is 12.9. The minimum absolute atomic E-state index is 0.113. The lowest BCUT2D eigenvalue weighted by atomic mass is 9.98. The van der Waals surface area contributed by atoms with E-state index in [0.29, 0.717) is 19.7 Å². The predicted octanol–water partition coefficient (Wildman–Crippen LogP) is 1.93. The molecular weight excluding hydrogens is 410 g/mol. The molecule has 2 saturated heterocycles. The summed E-state index contributed by atoms with van der Waals surface area (Å²) in [6.45, 7) is 10.1. The number of benzene rings is 1. The fraction of sp³-hybridized carbons (Fsp3) is 0.667. The van der Waals surface area contributed by atoms with E-state index in [1.807, 2.05) is 24.0 Å². The molecule has 32 heavy (non-hydrogen) atoms. The van der Waals surface area contributed by atoms with Crippen LogP contribution in [0, 0.1) is 12.8 Å². The summed E-state index contributed by atoms with van der Waals surface area (Å²) in [5, 5.41) is 0. The maximum Gasteiger partial charge on any atom is 0.310 e. The third kappa shape index (κ3) is 6.13. The van der Waals surface area contributed by atoms with Crippen LogP contribution in [0.4, 0.5) is 0 Å². The average molecular weight is 448 g/mol. The van der Waals surface area contributed by atoms with Gasteiger partial charge in [0.05, 0.1) is 33.3 Å². The summed E-state index contributed by atoms with van der Waals surface area (Å²) in [5.74, 6) is 1.38. The second-order valence-corrected chi connectivity index (χ2v) is 8.62. The fourth-order valence-electron chi connectivity index (χ4n) is 4.53. The molecule has 0 spiro atoms. The largest absolute Gasteiger partial charge is 0.493 e. The number of hydrogen-bond acceptors (Lipinski definition) is 7. The molecule has 2 aliphatic rings. The molecule has 0 saturated carbocycles. The Morgan fingerprint density at radius 3 is 2.34 bits per heavy atom. The molecule has 1 unspecified atom stereocenters. The van der Waals surface area contributed by atoms with Gasteiger partial charge in [0, 0.05) is 39.3 Å². The molecule has 0 radical (unpaired) electrons. The molecule has 0 aliphatic carbocycles. The van der Waals surface area contributed by atoms with Crippen molar-refractivity contribution in [3.05, 3.63) is 23.3 Å². The van der Waals surface area contributed by atoms with Crippen LogP contribution in [0.3, 0.4) is 0 Å². The van der Waals surface area contributed by atoms with Gasteiger partial charge in [0.25, 0.3) is 0 Å². The number of nitrogens with zero attached hydrogens (tertiary/aromatic N) is 3. The first kappa shape index (κ1) is 24.3. The number of piperazine rings is 1. The van der Waals surface area contributed by atoms with E-state index in [4.69, 9.17) is 14.2 Å². The number of piperidine rings is 1. The normalized spacial score (nSPS) is 20.1. The number of aryl methyl sites for hydroxylation is 1. The van der Waals surface area contributed by atoms with E-state index in [2.05, 4.69) is 16.7 Å². The van der Waals surface area contributed by atoms with Crippen molar-refractivity contribution in [2.75, 3.05) is 66.6 Å². The van der Waals surface area contributed by atoms with E-state index < -0.39 is 0 Å². The standard InChI is InChI=1S/C24H37N3O5/c1-5-32-24(29)19-7-6-8-26(15-19)17-23(28)27-11-9-25(10-12-27)16-20-14-22(31-4)21(30-3)13-18(20)2/h13-14,19H,5-12,15-17H2,1-4H3. The van der Waals surface area contributed by atoms with Gasteiger partial charge >= 0.3 is 5.97 Å². The van der Waals surface area contributed by atoms with Crippen molar-refractivity contribution in [3.63, 3.8) is 0 Å². The van der Waals surface area contributed by atoms with Crippen LogP contribution in [-0.4, -0.2) is 93.2 Å². The van der Waals surface area contributed by atoms with Gasteiger partial charge in [-0.1, -0.05) is 0 Å². The molecule has 0 N–H and O–H groups in total. The van der Waals surface area contributed by atoms with Crippen molar-refractivity contribution in [1.29, 1.82) is 0 Å². The Morgan fingerprint density at radius 2 is 1.69 bits per heavy atom. The van der Waals surface area contributed by atoms with E-state index in [9.17, 15) is 9.59 Å². The molecular formula is C24H37N3O5. The highest BCUT2D eigenvalue weighted by atomic mass is 16.5. The van der Waals surface area contributed by atoms with Crippen LogP contribution in [0.25, 0.3) is 0 Å². The van der Waals surface area contributed by atoms with Crippen LogP contribution in [0.2, 0.25) is 0 Å². The molecule has 8 nitrogen and oxygen atoms in total. The lowest BCUT2D eigenvalue weighted by molar-refractivity contribution is -0.150. The molecule has 1 aromatic carbocycles. The van der Waals surface area contributed by atoms with Crippen LogP contribution in [0.5, 0.6) is 11.5 Å². The third-order valence-electron chi connectivity index (χ3n) is 6.45. The number of carbonyl (C=O) groups is 2. The van der Waals surface area contributed by atoms with Crippen molar-refractivity contribution in [2.45, 2.75) is 33.2 Å². The maximum atomic E-state index is 12.9. The van der Waals surface area contributed by atoms with E-state index >= 15 is 0 Å². The number of ether oxygens (including phenoxy) is 3. The number of hydrogen-bond donors (Lipinski definition) is 0. The van der Waals surface area contributed by atoms with Crippen molar-refractivity contribution in [1.82, 2.24) is 14.7 Å². The first-order valence-electron chi connectivity index (χ1n) is 11.6. The van der Waals surface area contributed by atoms with Gasteiger partial charge in [-0.05, 0) is 56.5 Å². The number of carbonyl (C=O) groups excluding carboxylic acids is 2. The molecule has 178 valence electrons. The highest BCUT2D eigenvalue weighted by molar-refractivity contribution is 5.78. The Labute approximate surface area is 191 Å². The van der Waals surface area contributed by atoms with Gasteiger partial charge in [-0.15, -0.1) is 0 Å². The molecule has 0 aromatic heterocycles. The monoisotopic (exact) mass is 447 g/mol. The number of methoxy groups -OCH3 is 2. The average Bonchev–Trinajstić information content (AvgIpc) is 2.80. The second kappa shape index (κ2) is 11.5. The van der Waals surface area contributed by atoms with E-state index in [1.165, 1.54) is 11.1 Å². The van der Waals surface area contributed by atoms with Gasteiger partial charge in [-0.25, -0.2) is 0 Å². The molecule has 2 heterocycles. The zero-order valence-electron chi connectivity index (χ0n) is 19.9. The van der Waals surface area contributed by atoms with Crippen molar-refractivity contribution in [2.24, 2.45) is 5.92 Å². The lowest BCUT2D eigenvalue weighted by Crippen LogP contribution is -2.52. The van der Waals surface area contributed by atoms with Gasteiger partial charge < -0.3 is 19.1 Å². The van der Waals surface area contributed by atoms with Gasteiger partial charge in [0.1, 0.15) is 0 Å². The van der Waals surface area contributed by atoms with Crippen LogP contribution in [0.1, 0.15) is 30.9 Å². The molecule has 3 rings (SSSR count). The van der Waals surface area contributed by atoms with E-state index in [1.54, 1.807) is 14.2 Å². The minimum Gasteiger partial charge on any atom is -0.493 e. The fourth-order valence-corrected chi connectivity index (χ4v) is 4.53. The van der Waals surface area contributed by atoms with Crippen LogP contribution < -0.4 is 9.47 Å². The third-order valence-corrected chi connectivity index (χ3v) is 6.45. The summed E-state index contributed by atoms with van der Waals surface area (Å²) in [4.78, 5) is 31.3. The molecule has 8 heteroatoms. The van der Waals surface area contributed by atoms with Crippen LogP contribution >= 0.6 is 0 Å². The van der Waals surface area contributed by atoms with Crippen LogP contribution in [-0.2, 0) is 20.9 Å². The number of rotatable bonds is 8. The Kier molecular flexibility index (Phi) is 8.75. The quantitative estimate of drug-likeness (QED) is 0.564. The number of esters is 1. The highest BCUT2D eigenvalue weighted by Crippen LogP contribution is 2.31. The zero-order chi connectivity index (χ0) is 23.1. The zero-order valence-corrected chi connectivity index (χ0v) is 19.9. The second-order valence-electron chi connectivity index (χ2n) is 8.62. The first-order chi connectivity index (χ1) is 15.4. The lowest BCUT2D eigenvalue weighted by Gasteiger charge is -2.37. The predicted molar refractivity (Wildman–Crippen MR) is 122 cm³/mol. The van der Waals surface area contributed by atoms with Gasteiger partial charge in [-0.2, -0.15) is 0 Å². The van der Waals surface area contributed by atoms with E-state index in [0.717, 1.165) is 63.6 Å². The summed E-state index contributed by atoms with van der Waals surface area (Å²) < 4.78 is 16.0. The minimum atomic E-state index is -0.135. The summed E-state index contributed by atoms with van der Waals surface area (Å²) in [5.41, 5.74) is 2.38. The Balaban J connectivity index is 1.48. The van der Waals surface area contributed by atoms with E-state index in [-0.39, 0.29) is 17.8 Å². The van der Waals surface area contributed by atoms with Crippen molar-refractivity contribution >= 4 is 11.9 Å². The smallest absolute Gasteiger partial charge is 0.310 e. The Morgan fingerprint density at radius 1 is 1.00 bits per heavy atom. The topological polar surface area (TPSA) is 71.6 Å². The number of amides is 1. The van der Waals surface area contributed by atoms with Crippen molar-refractivity contribution in [3.8, 4) is 11.5 Å². The Bertz CT molecular complexity index is 792. The molecule has 1 amide bonds. The summed E-state index contributed by atoms with van der Waals surface area (Å²) in [6, 6.07) is 4.05. The first-order valence-corrected chi connectivity index (χ1v) is 11.6. The molecule has 2 aliphatic heterocycles.